The SMILES string of the molecule is CCNC(=O)[C@H](C)N(Cc1cccc(Br)c1)C(=O)CN(c1ccccc1Cl)S(=O)(=O)c1ccc(C)cc1. The second-order valence-electron chi connectivity index (χ2n) is 8.50. The number of hydrogen-bond acceptors (Lipinski definition) is 4. The molecule has 0 aliphatic heterocycles. The maximum atomic E-state index is 13.8. The van der Waals surface area contributed by atoms with Crippen molar-refractivity contribution in [3.8, 4) is 0 Å². The number of aryl methyl sites for hydroxylation is 1. The molecular weight excluding hydrogens is 578 g/mol. The molecule has 3 aromatic carbocycles. The van der Waals surface area contributed by atoms with Crippen molar-refractivity contribution in [3.05, 3.63) is 93.4 Å². The fourth-order valence-corrected chi connectivity index (χ4v) is 5.91. The largest absolute Gasteiger partial charge is 0.355 e. The summed E-state index contributed by atoms with van der Waals surface area (Å²) in [5.41, 5.74) is 1.85. The topological polar surface area (TPSA) is 86.8 Å². The number of rotatable bonds is 10. The van der Waals surface area contributed by atoms with Crippen LogP contribution in [0.5, 0.6) is 0 Å². The number of carbonyl (C=O) groups excluding carboxylic acids is 2. The van der Waals surface area contributed by atoms with Gasteiger partial charge < -0.3 is 10.2 Å². The van der Waals surface area contributed by atoms with Crippen LogP contribution in [0.3, 0.4) is 0 Å². The molecule has 0 bridgehead atoms. The molecule has 0 fully saturated rings. The molecule has 37 heavy (non-hydrogen) atoms. The van der Waals surface area contributed by atoms with Gasteiger partial charge in [0, 0.05) is 17.6 Å². The Morgan fingerprint density at radius 3 is 2.32 bits per heavy atom. The lowest BCUT2D eigenvalue weighted by Crippen LogP contribution is -2.51. The number of amides is 2. The molecule has 0 unspecified atom stereocenters. The van der Waals surface area contributed by atoms with Gasteiger partial charge in [-0.2, -0.15) is 0 Å². The minimum atomic E-state index is -4.16. The van der Waals surface area contributed by atoms with Gasteiger partial charge in [-0.3, -0.25) is 13.9 Å². The molecule has 3 aromatic rings. The summed E-state index contributed by atoms with van der Waals surface area (Å²) in [6, 6.07) is 19.3. The van der Waals surface area contributed by atoms with Gasteiger partial charge in [0.25, 0.3) is 10.0 Å². The number of benzene rings is 3. The Morgan fingerprint density at radius 1 is 1.03 bits per heavy atom. The van der Waals surface area contributed by atoms with Crippen molar-refractivity contribution in [2.45, 2.75) is 38.3 Å². The van der Waals surface area contributed by atoms with E-state index in [4.69, 9.17) is 11.6 Å². The van der Waals surface area contributed by atoms with Gasteiger partial charge in [0.1, 0.15) is 12.6 Å². The van der Waals surface area contributed by atoms with Gasteiger partial charge in [-0.1, -0.05) is 69.5 Å². The Hall–Kier alpha value is -2.88. The third-order valence-electron chi connectivity index (χ3n) is 5.77. The van der Waals surface area contributed by atoms with Crippen molar-refractivity contribution in [3.63, 3.8) is 0 Å². The van der Waals surface area contributed by atoms with Gasteiger partial charge in [-0.15, -0.1) is 0 Å². The Morgan fingerprint density at radius 2 is 1.70 bits per heavy atom. The van der Waals surface area contributed by atoms with E-state index in [-0.39, 0.29) is 28.1 Å². The second-order valence-corrected chi connectivity index (χ2v) is 11.7. The third-order valence-corrected chi connectivity index (χ3v) is 8.36. The second kappa shape index (κ2) is 12.6. The van der Waals surface area contributed by atoms with E-state index >= 15 is 0 Å². The fraction of sp³-hybridized carbons (Fsp3) is 0.259. The lowest BCUT2D eigenvalue weighted by atomic mass is 10.1. The van der Waals surface area contributed by atoms with Crippen molar-refractivity contribution >= 4 is 55.1 Å². The number of nitrogens with one attached hydrogen (secondary N) is 1. The number of sulfonamides is 1. The first-order valence-electron chi connectivity index (χ1n) is 11.7. The van der Waals surface area contributed by atoms with Gasteiger partial charge >= 0.3 is 0 Å². The molecule has 0 saturated carbocycles. The molecule has 0 aromatic heterocycles. The van der Waals surface area contributed by atoms with Crippen molar-refractivity contribution in [2.75, 3.05) is 17.4 Å². The molecule has 7 nitrogen and oxygen atoms in total. The van der Waals surface area contributed by atoms with Gasteiger partial charge in [-0.05, 0) is 62.7 Å². The maximum absolute atomic E-state index is 13.8. The van der Waals surface area contributed by atoms with Crippen molar-refractivity contribution in [2.24, 2.45) is 0 Å². The summed E-state index contributed by atoms with van der Waals surface area (Å²) in [6.07, 6.45) is 0. The predicted octanol–water partition coefficient (Wildman–Crippen LogP) is 5.16. The van der Waals surface area contributed by atoms with E-state index in [1.165, 1.54) is 17.0 Å². The highest BCUT2D eigenvalue weighted by molar-refractivity contribution is 9.10. The Labute approximate surface area is 231 Å². The van der Waals surface area contributed by atoms with Crippen LogP contribution in [0.25, 0.3) is 0 Å². The molecule has 3 rings (SSSR count). The molecule has 1 atom stereocenters. The highest BCUT2D eigenvalue weighted by Crippen LogP contribution is 2.31. The van der Waals surface area contributed by atoms with Gasteiger partial charge in [0.05, 0.1) is 15.6 Å². The third kappa shape index (κ3) is 7.12. The van der Waals surface area contributed by atoms with Crippen molar-refractivity contribution in [1.82, 2.24) is 10.2 Å². The zero-order chi connectivity index (χ0) is 27.2. The molecule has 0 aliphatic rings. The van der Waals surface area contributed by atoms with Crippen LogP contribution in [0.15, 0.2) is 82.2 Å². The molecule has 10 heteroatoms. The van der Waals surface area contributed by atoms with Crippen molar-refractivity contribution < 1.29 is 18.0 Å². The number of halogens is 2. The van der Waals surface area contributed by atoms with E-state index in [9.17, 15) is 18.0 Å². The molecule has 0 saturated heterocycles. The minimum Gasteiger partial charge on any atom is -0.355 e. The first kappa shape index (κ1) is 28.7. The monoisotopic (exact) mass is 605 g/mol. The lowest BCUT2D eigenvalue weighted by molar-refractivity contribution is -0.139. The van der Waals surface area contributed by atoms with Crippen LogP contribution in [0.4, 0.5) is 5.69 Å². The highest BCUT2D eigenvalue weighted by atomic mass is 79.9. The standard InChI is InChI=1S/C27H29BrClN3O4S/c1-4-30-27(34)20(3)31(17-21-8-7-9-22(28)16-21)26(33)18-32(25-11-6-5-10-24(25)29)37(35,36)23-14-12-19(2)13-15-23/h5-16,20H,4,17-18H2,1-3H3,(H,30,34)/t20-/m0/s1. The Bertz CT molecular complexity index is 1370. The number of likely N-dealkylation sites (N-methyl/N-ethyl adjacent to an activating group) is 1. The van der Waals surface area contributed by atoms with E-state index in [1.54, 1.807) is 50.2 Å². The van der Waals surface area contributed by atoms with Crippen LogP contribution in [-0.4, -0.2) is 44.3 Å². The minimum absolute atomic E-state index is 0.0288. The van der Waals surface area contributed by atoms with Crippen LogP contribution in [0.1, 0.15) is 25.0 Å². The van der Waals surface area contributed by atoms with Gasteiger partial charge in [0.2, 0.25) is 11.8 Å². The molecular formula is C27H29BrClN3O4S. The number of anilines is 1. The summed E-state index contributed by atoms with van der Waals surface area (Å²) in [5, 5.41) is 2.92. The maximum Gasteiger partial charge on any atom is 0.264 e. The average molecular weight is 607 g/mol. The first-order chi connectivity index (χ1) is 17.5. The lowest BCUT2D eigenvalue weighted by Gasteiger charge is -2.32. The number of para-hydroxylation sites is 1. The zero-order valence-electron chi connectivity index (χ0n) is 20.8. The van der Waals surface area contributed by atoms with Crippen LogP contribution in [0, 0.1) is 6.92 Å². The highest BCUT2D eigenvalue weighted by Gasteiger charge is 2.33. The number of carbonyl (C=O) groups is 2. The molecule has 1 N–H and O–H groups in total. The average Bonchev–Trinajstić information content (AvgIpc) is 2.86. The molecule has 0 spiro atoms. The summed E-state index contributed by atoms with van der Waals surface area (Å²) in [5.74, 6) is -0.883. The van der Waals surface area contributed by atoms with Gasteiger partial charge in [-0.25, -0.2) is 8.42 Å². The van der Waals surface area contributed by atoms with E-state index in [0.717, 1.165) is 19.9 Å². The molecule has 2 amide bonds. The molecule has 0 radical (unpaired) electrons. The summed E-state index contributed by atoms with van der Waals surface area (Å²) >= 11 is 9.83. The zero-order valence-corrected chi connectivity index (χ0v) is 24.0. The summed E-state index contributed by atoms with van der Waals surface area (Å²) in [4.78, 5) is 27.9. The summed E-state index contributed by atoms with van der Waals surface area (Å²) in [7, 11) is -4.16. The van der Waals surface area contributed by atoms with Crippen LogP contribution < -0.4 is 9.62 Å². The fourth-order valence-electron chi connectivity index (χ4n) is 3.74. The molecule has 0 heterocycles. The smallest absolute Gasteiger partial charge is 0.264 e. The van der Waals surface area contributed by atoms with E-state index in [1.807, 2.05) is 31.2 Å². The molecule has 196 valence electrons. The summed E-state index contributed by atoms with van der Waals surface area (Å²) < 4.78 is 29.4. The van der Waals surface area contributed by atoms with Crippen LogP contribution >= 0.6 is 27.5 Å². The normalized spacial score (nSPS) is 12.0. The first-order valence-corrected chi connectivity index (χ1v) is 14.3. The number of hydrogen-bond donors (Lipinski definition) is 1. The van der Waals surface area contributed by atoms with E-state index in [0.29, 0.717) is 6.54 Å². The summed E-state index contributed by atoms with van der Waals surface area (Å²) in [6.45, 7) is 5.23. The Balaban J connectivity index is 2.04. The predicted molar refractivity (Wildman–Crippen MR) is 150 cm³/mol. The van der Waals surface area contributed by atoms with Crippen LogP contribution in [0.2, 0.25) is 5.02 Å². The molecule has 0 aliphatic carbocycles. The van der Waals surface area contributed by atoms with E-state index < -0.39 is 28.5 Å². The van der Waals surface area contributed by atoms with E-state index in [2.05, 4.69) is 21.2 Å². The van der Waals surface area contributed by atoms with Gasteiger partial charge in [0.15, 0.2) is 0 Å². The quantitative estimate of drug-likeness (QED) is 0.346. The number of nitrogens with zero attached hydrogens (tertiary/aromatic N) is 2. The Kier molecular flexibility index (Phi) is 9.75. The van der Waals surface area contributed by atoms with Crippen LogP contribution in [-0.2, 0) is 26.2 Å². The van der Waals surface area contributed by atoms with Crippen molar-refractivity contribution in [1.29, 1.82) is 0 Å².